The Kier molecular flexibility index (Phi) is 7.33. The first-order valence-electron chi connectivity index (χ1n) is 11.1. The van der Waals surface area contributed by atoms with Crippen molar-refractivity contribution in [2.75, 3.05) is 11.9 Å². The summed E-state index contributed by atoms with van der Waals surface area (Å²) in [5.74, 6) is -1.27. The molecule has 4 aromatic rings. The van der Waals surface area contributed by atoms with E-state index in [4.69, 9.17) is 22.1 Å². The summed E-state index contributed by atoms with van der Waals surface area (Å²) in [6.45, 7) is 3.46. The Morgan fingerprint density at radius 1 is 1.17 bits per heavy atom. The summed E-state index contributed by atoms with van der Waals surface area (Å²) in [6, 6.07) is 12.7. The second-order valence-electron chi connectivity index (χ2n) is 8.36. The third kappa shape index (κ3) is 5.44. The van der Waals surface area contributed by atoms with Crippen LogP contribution in [0, 0.1) is 31.4 Å². The number of aromatic nitrogens is 2. The van der Waals surface area contributed by atoms with E-state index < -0.39 is 17.6 Å². The number of hydrogen-bond donors (Lipinski definition) is 2. The molecule has 1 unspecified atom stereocenters. The summed E-state index contributed by atoms with van der Waals surface area (Å²) < 4.78 is 35.5. The molecular formula is C26H25ClF2N4O2. The van der Waals surface area contributed by atoms with Gasteiger partial charge in [0.05, 0.1) is 17.2 Å². The largest absolute Gasteiger partial charge is 0.485 e. The zero-order valence-electron chi connectivity index (χ0n) is 19.3. The van der Waals surface area contributed by atoms with E-state index in [0.29, 0.717) is 34.4 Å². The number of fused-ring (bicyclic) bond motifs is 1. The number of anilines is 1. The van der Waals surface area contributed by atoms with Gasteiger partial charge in [-0.05, 0) is 61.7 Å². The maximum atomic E-state index is 14.0. The van der Waals surface area contributed by atoms with Gasteiger partial charge in [0.15, 0.2) is 11.4 Å². The van der Waals surface area contributed by atoms with Gasteiger partial charge in [-0.25, -0.2) is 13.8 Å². The van der Waals surface area contributed by atoms with Crippen molar-refractivity contribution in [3.05, 3.63) is 93.8 Å². The lowest BCUT2D eigenvalue weighted by Gasteiger charge is -2.16. The molecule has 0 aliphatic rings. The predicted molar refractivity (Wildman–Crippen MR) is 132 cm³/mol. The van der Waals surface area contributed by atoms with Crippen molar-refractivity contribution in [2.24, 2.45) is 11.7 Å². The first-order chi connectivity index (χ1) is 16.8. The molecule has 1 atom stereocenters. The van der Waals surface area contributed by atoms with E-state index in [0.717, 1.165) is 11.1 Å². The number of ether oxygens (including phenoxy) is 1. The summed E-state index contributed by atoms with van der Waals surface area (Å²) in [6.07, 6.45) is 2.26. The zero-order valence-corrected chi connectivity index (χ0v) is 20.1. The van der Waals surface area contributed by atoms with Gasteiger partial charge in [0.1, 0.15) is 24.1 Å². The molecule has 0 aliphatic carbocycles. The Morgan fingerprint density at radius 2 is 1.86 bits per heavy atom. The number of pyridine rings is 1. The van der Waals surface area contributed by atoms with Crippen molar-refractivity contribution in [1.29, 1.82) is 0 Å². The average molecular weight is 499 g/mol. The highest BCUT2D eigenvalue weighted by atomic mass is 35.5. The lowest BCUT2D eigenvalue weighted by Crippen LogP contribution is -2.31. The minimum atomic E-state index is -0.685. The second-order valence-corrected chi connectivity index (χ2v) is 8.80. The summed E-state index contributed by atoms with van der Waals surface area (Å²) >= 11 is 5.95. The Morgan fingerprint density at radius 3 is 2.51 bits per heavy atom. The summed E-state index contributed by atoms with van der Waals surface area (Å²) in [4.78, 5) is 17.6. The molecule has 3 N–H and O–H groups in total. The molecule has 4 rings (SSSR count). The number of amides is 1. The molecular weight excluding hydrogens is 474 g/mol. The number of carbonyl (C=O) groups is 1. The quantitative estimate of drug-likeness (QED) is 0.349. The molecule has 0 aliphatic heterocycles. The van der Waals surface area contributed by atoms with Crippen molar-refractivity contribution in [3.63, 3.8) is 0 Å². The molecule has 0 fully saturated rings. The topological polar surface area (TPSA) is 81.6 Å². The number of nitrogens with one attached hydrogen (secondary N) is 1. The maximum absolute atomic E-state index is 14.0. The van der Waals surface area contributed by atoms with Crippen molar-refractivity contribution in [2.45, 2.75) is 26.9 Å². The van der Waals surface area contributed by atoms with Crippen molar-refractivity contribution in [1.82, 2.24) is 9.38 Å². The fourth-order valence-electron chi connectivity index (χ4n) is 3.84. The molecule has 182 valence electrons. The van der Waals surface area contributed by atoms with Gasteiger partial charge in [0.2, 0.25) is 5.91 Å². The van der Waals surface area contributed by atoms with Gasteiger partial charge < -0.3 is 15.8 Å². The van der Waals surface area contributed by atoms with E-state index in [-0.39, 0.29) is 24.6 Å². The molecule has 6 nitrogen and oxygen atoms in total. The van der Waals surface area contributed by atoms with E-state index in [9.17, 15) is 13.6 Å². The Balaban J connectivity index is 1.59. The average Bonchev–Trinajstić information content (AvgIpc) is 3.13. The van der Waals surface area contributed by atoms with Crippen LogP contribution in [0.3, 0.4) is 0 Å². The highest BCUT2D eigenvalue weighted by Crippen LogP contribution is 2.28. The van der Waals surface area contributed by atoms with Gasteiger partial charge in [-0.3, -0.25) is 9.20 Å². The molecule has 0 spiro atoms. The second kappa shape index (κ2) is 10.4. The standard InChI is InChI=1S/C26H25ClF2N4O2/c1-15-10-23(35-14-20-21(28)4-3-5-22(20)29)25-31-16(2)24(33(25)13-15)32-26(34)18(12-30)11-17-6-8-19(27)9-7-17/h3-10,13,18H,11-12,14,30H2,1-2H3,(H,32,34). The van der Waals surface area contributed by atoms with Crippen LogP contribution in [0.15, 0.2) is 54.7 Å². The van der Waals surface area contributed by atoms with Crippen LogP contribution in [0.2, 0.25) is 5.02 Å². The van der Waals surface area contributed by atoms with Gasteiger partial charge in [0, 0.05) is 17.8 Å². The summed E-state index contributed by atoms with van der Waals surface area (Å²) in [5, 5.41) is 3.56. The maximum Gasteiger partial charge on any atom is 0.230 e. The first-order valence-corrected chi connectivity index (χ1v) is 11.4. The SMILES string of the molecule is Cc1cc(OCc2c(F)cccc2F)c2nc(C)c(NC(=O)C(CN)Cc3ccc(Cl)cc3)n2c1. The molecule has 0 bridgehead atoms. The Bertz CT molecular complexity index is 1350. The first kappa shape index (κ1) is 24.6. The van der Waals surface area contributed by atoms with Crippen LogP contribution in [0.5, 0.6) is 5.75 Å². The third-order valence-electron chi connectivity index (χ3n) is 5.72. The number of benzene rings is 2. The summed E-state index contributed by atoms with van der Waals surface area (Å²) in [7, 11) is 0. The molecule has 1 amide bonds. The zero-order chi connectivity index (χ0) is 25.1. The number of imidazole rings is 1. The lowest BCUT2D eigenvalue weighted by molar-refractivity contribution is -0.119. The Labute approximate surface area is 206 Å². The molecule has 35 heavy (non-hydrogen) atoms. The molecule has 2 heterocycles. The molecule has 2 aromatic carbocycles. The number of nitrogens with zero attached hydrogens (tertiary/aromatic N) is 2. The number of carbonyl (C=O) groups excluding carboxylic acids is 1. The van der Waals surface area contributed by atoms with Crippen molar-refractivity contribution in [3.8, 4) is 5.75 Å². The molecule has 0 saturated heterocycles. The number of aryl methyl sites for hydroxylation is 2. The van der Waals surface area contributed by atoms with Gasteiger partial charge in [0.25, 0.3) is 0 Å². The van der Waals surface area contributed by atoms with E-state index in [1.54, 1.807) is 35.7 Å². The smallest absolute Gasteiger partial charge is 0.230 e. The van der Waals surface area contributed by atoms with Gasteiger partial charge in [-0.2, -0.15) is 0 Å². The van der Waals surface area contributed by atoms with Crippen LogP contribution in [0.1, 0.15) is 22.4 Å². The van der Waals surface area contributed by atoms with Gasteiger partial charge in [-0.15, -0.1) is 0 Å². The highest BCUT2D eigenvalue weighted by molar-refractivity contribution is 6.30. The van der Waals surface area contributed by atoms with Crippen LogP contribution in [-0.4, -0.2) is 21.8 Å². The van der Waals surface area contributed by atoms with E-state index in [1.165, 1.54) is 18.2 Å². The number of nitrogens with two attached hydrogens (primary N) is 1. The third-order valence-corrected chi connectivity index (χ3v) is 5.98. The van der Waals surface area contributed by atoms with Crippen LogP contribution >= 0.6 is 11.6 Å². The predicted octanol–water partition coefficient (Wildman–Crippen LogP) is 5.22. The fourth-order valence-corrected chi connectivity index (χ4v) is 3.97. The summed E-state index contributed by atoms with van der Waals surface area (Å²) in [5.41, 5.74) is 8.48. The normalized spacial score (nSPS) is 12.1. The van der Waals surface area contributed by atoms with Crippen LogP contribution in [-0.2, 0) is 17.8 Å². The fraction of sp³-hybridized carbons (Fsp3) is 0.231. The monoisotopic (exact) mass is 498 g/mol. The van der Waals surface area contributed by atoms with Gasteiger partial charge in [-0.1, -0.05) is 29.8 Å². The minimum Gasteiger partial charge on any atom is -0.485 e. The molecule has 2 aromatic heterocycles. The molecule has 0 saturated carbocycles. The molecule has 0 radical (unpaired) electrons. The lowest BCUT2D eigenvalue weighted by atomic mass is 9.98. The molecule has 9 heteroatoms. The number of rotatable bonds is 8. The Hall–Kier alpha value is -3.49. The van der Waals surface area contributed by atoms with Crippen molar-refractivity contribution >= 4 is 29.0 Å². The highest BCUT2D eigenvalue weighted by Gasteiger charge is 2.22. The number of halogens is 3. The van der Waals surface area contributed by atoms with E-state index >= 15 is 0 Å². The van der Waals surface area contributed by atoms with Crippen LogP contribution < -0.4 is 15.8 Å². The van der Waals surface area contributed by atoms with E-state index in [1.807, 2.05) is 19.1 Å². The van der Waals surface area contributed by atoms with Gasteiger partial charge >= 0.3 is 0 Å². The van der Waals surface area contributed by atoms with Crippen molar-refractivity contribution < 1.29 is 18.3 Å². The van der Waals surface area contributed by atoms with Crippen LogP contribution in [0.25, 0.3) is 5.65 Å². The number of hydrogen-bond acceptors (Lipinski definition) is 4. The van der Waals surface area contributed by atoms with Crippen LogP contribution in [0.4, 0.5) is 14.6 Å². The van der Waals surface area contributed by atoms with E-state index in [2.05, 4.69) is 10.3 Å². The minimum absolute atomic E-state index is 0.159.